The fraction of sp³-hybridized carbons (Fsp3) is 0.235. The van der Waals surface area contributed by atoms with E-state index in [-0.39, 0.29) is 16.2 Å². The minimum absolute atomic E-state index is 0.0563. The average molecular weight is 334 g/mol. The third kappa shape index (κ3) is 4.10. The van der Waals surface area contributed by atoms with Crippen molar-refractivity contribution in [3.8, 4) is 5.75 Å². The maximum atomic E-state index is 12.3. The smallest absolute Gasteiger partial charge is 0.339 e. The lowest BCUT2D eigenvalue weighted by Gasteiger charge is -2.10. The Bertz CT molecular complexity index is 792. The molecule has 0 aromatic heterocycles. The van der Waals surface area contributed by atoms with Crippen LogP contribution in [0, 0.1) is 0 Å². The molecule has 0 aliphatic heterocycles. The van der Waals surface area contributed by atoms with E-state index in [1.165, 1.54) is 43.5 Å². The molecule has 2 rings (SSSR count). The van der Waals surface area contributed by atoms with Crippen molar-refractivity contribution in [2.24, 2.45) is 0 Å². The van der Waals surface area contributed by atoms with Gasteiger partial charge in [-0.05, 0) is 41.8 Å². The largest absolute Gasteiger partial charge is 0.465 e. The third-order valence-electron chi connectivity index (χ3n) is 3.30. The van der Waals surface area contributed by atoms with E-state index in [0.29, 0.717) is 5.92 Å². The summed E-state index contributed by atoms with van der Waals surface area (Å²) in [5.41, 5.74) is 1.26. The Kier molecular flexibility index (Phi) is 5.05. The zero-order chi connectivity index (χ0) is 17.0. The van der Waals surface area contributed by atoms with Crippen LogP contribution >= 0.6 is 0 Å². The van der Waals surface area contributed by atoms with Crippen LogP contribution < -0.4 is 4.18 Å². The molecule has 0 unspecified atom stereocenters. The zero-order valence-electron chi connectivity index (χ0n) is 13.1. The van der Waals surface area contributed by atoms with Crippen molar-refractivity contribution < 1.29 is 22.1 Å². The van der Waals surface area contributed by atoms with Crippen LogP contribution in [0.1, 0.15) is 35.7 Å². The monoisotopic (exact) mass is 334 g/mol. The van der Waals surface area contributed by atoms with E-state index in [2.05, 4.69) is 4.74 Å². The summed E-state index contributed by atoms with van der Waals surface area (Å²) in [5, 5.41) is 0. The molecule has 0 aliphatic rings. The van der Waals surface area contributed by atoms with Crippen molar-refractivity contribution in [3.63, 3.8) is 0 Å². The Balaban J connectivity index is 2.26. The molecular formula is C17H18O5S. The molecule has 0 amide bonds. The van der Waals surface area contributed by atoms with E-state index in [1.54, 1.807) is 12.1 Å². The summed E-state index contributed by atoms with van der Waals surface area (Å²) in [6, 6.07) is 12.4. The molecule has 23 heavy (non-hydrogen) atoms. The van der Waals surface area contributed by atoms with Crippen molar-refractivity contribution >= 4 is 16.1 Å². The minimum Gasteiger partial charge on any atom is -0.465 e. The molecule has 6 heteroatoms. The molecule has 0 fully saturated rings. The number of hydrogen-bond donors (Lipinski definition) is 0. The first-order chi connectivity index (χ1) is 10.8. The predicted molar refractivity (Wildman–Crippen MR) is 86.1 cm³/mol. The zero-order valence-corrected chi connectivity index (χ0v) is 14.0. The van der Waals surface area contributed by atoms with Gasteiger partial charge in [-0.25, -0.2) is 4.79 Å². The Morgan fingerprint density at radius 3 is 2.26 bits per heavy atom. The lowest BCUT2D eigenvalue weighted by molar-refractivity contribution is 0.0600. The molecule has 2 aromatic carbocycles. The Hall–Kier alpha value is -2.34. The van der Waals surface area contributed by atoms with Crippen molar-refractivity contribution in [1.82, 2.24) is 0 Å². The van der Waals surface area contributed by atoms with Gasteiger partial charge in [-0.15, -0.1) is 0 Å². The molecule has 0 radical (unpaired) electrons. The van der Waals surface area contributed by atoms with Gasteiger partial charge >= 0.3 is 16.1 Å². The summed E-state index contributed by atoms with van der Waals surface area (Å²) in [4.78, 5) is 11.5. The highest BCUT2D eigenvalue weighted by molar-refractivity contribution is 7.87. The maximum absolute atomic E-state index is 12.3. The summed E-state index contributed by atoms with van der Waals surface area (Å²) in [6.07, 6.45) is 0. The van der Waals surface area contributed by atoms with Crippen molar-refractivity contribution in [3.05, 3.63) is 59.7 Å². The molecule has 122 valence electrons. The van der Waals surface area contributed by atoms with Crippen LogP contribution in [0.25, 0.3) is 0 Å². The van der Waals surface area contributed by atoms with Crippen LogP contribution in [-0.2, 0) is 14.9 Å². The van der Waals surface area contributed by atoms with Gasteiger partial charge in [0.25, 0.3) is 0 Å². The average Bonchev–Trinajstić information content (AvgIpc) is 2.54. The normalized spacial score (nSPS) is 11.3. The summed E-state index contributed by atoms with van der Waals surface area (Å²) >= 11 is 0. The van der Waals surface area contributed by atoms with E-state index in [1.807, 2.05) is 13.8 Å². The topological polar surface area (TPSA) is 69.7 Å². The Labute approximate surface area is 136 Å². The van der Waals surface area contributed by atoms with E-state index in [0.717, 1.165) is 5.56 Å². The molecule has 5 nitrogen and oxygen atoms in total. The standard InChI is InChI=1S/C17H18O5S/c1-12(2)13-7-9-16(10-8-13)23(19,20)22-15-6-4-5-14(11-15)17(18)21-3/h4-12H,1-3H3. The number of carbonyl (C=O) groups is 1. The number of hydrogen-bond acceptors (Lipinski definition) is 5. The number of carbonyl (C=O) groups excluding carboxylic acids is 1. The predicted octanol–water partition coefficient (Wildman–Crippen LogP) is 3.36. The van der Waals surface area contributed by atoms with Gasteiger partial charge in [0.05, 0.1) is 12.7 Å². The summed E-state index contributed by atoms with van der Waals surface area (Å²) in [7, 11) is -2.70. The van der Waals surface area contributed by atoms with Crippen LogP contribution in [0.15, 0.2) is 53.4 Å². The lowest BCUT2D eigenvalue weighted by Crippen LogP contribution is -2.10. The molecule has 0 saturated heterocycles. The van der Waals surface area contributed by atoms with Gasteiger partial charge in [-0.1, -0.05) is 32.0 Å². The summed E-state index contributed by atoms with van der Waals surface area (Å²) in [6.45, 7) is 4.05. The number of methoxy groups -OCH3 is 1. The van der Waals surface area contributed by atoms with Crippen molar-refractivity contribution in [1.29, 1.82) is 0 Å². The Morgan fingerprint density at radius 1 is 1.04 bits per heavy atom. The van der Waals surface area contributed by atoms with Crippen LogP contribution in [0.2, 0.25) is 0 Å². The van der Waals surface area contributed by atoms with E-state index in [4.69, 9.17) is 4.18 Å². The van der Waals surface area contributed by atoms with E-state index >= 15 is 0 Å². The highest BCUT2D eigenvalue weighted by Crippen LogP contribution is 2.22. The van der Waals surface area contributed by atoms with Crippen LogP contribution in [0.4, 0.5) is 0 Å². The summed E-state index contributed by atoms with van der Waals surface area (Å²) < 4.78 is 34.3. The number of rotatable bonds is 5. The molecule has 0 spiro atoms. The van der Waals surface area contributed by atoms with Gasteiger partial charge < -0.3 is 8.92 Å². The quantitative estimate of drug-likeness (QED) is 0.619. The number of benzene rings is 2. The van der Waals surface area contributed by atoms with Gasteiger partial charge in [0.15, 0.2) is 0 Å². The van der Waals surface area contributed by atoms with E-state index in [9.17, 15) is 13.2 Å². The van der Waals surface area contributed by atoms with Crippen molar-refractivity contribution in [2.75, 3.05) is 7.11 Å². The van der Waals surface area contributed by atoms with Crippen LogP contribution in [0.3, 0.4) is 0 Å². The highest BCUT2D eigenvalue weighted by atomic mass is 32.2. The van der Waals surface area contributed by atoms with Gasteiger partial charge in [0.2, 0.25) is 0 Å². The molecule has 0 saturated carbocycles. The molecule has 0 bridgehead atoms. The second-order valence-corrected chi connectivity index (χ2v) is 6.83. The van der Waals surface area contributed by atoms with Crippen molar-refractivity contribution in [2.45, 2.75) is 24.7 Å². The van der Waals surface area contributed by atoms with E-state index < -0.39 is 16.1 Å². The molecule has 0 atom stereocenters. The molecule has 2 aromatic rings. The molecular weight excluding hydrogens is 316 g/mol. The second-order valence-electron chi connectivity index (χ2n) is 5.28. The fourth-order valence-electron chi connectivity index (χ4n) is 1.99. The fourth-order valence-corrected chi connectivity index (χ4v) is 2.91. The summed E-state index contributed by atoms with van der Waals surface area (Å²) in [5.74, 6) is -0.195. The third-order valence-corrected chi connectivity index (χ3v) is 4.56. The van der Waals surface area contributed by atoms with Gasteiger partial charge in [0.1, 0.15) is 10.6 Å². The lowest BCUT2D eigenvalue weighted by atomic mass is 10.0. The van der Waals surface area contributed by atoms with Crippen LogP contribution in [-0.4, -0.2) is 21.5 Å². The Morgan fingerprint density at radius 2 is 1.70 bits per heavy atom. The first-order valence-corrected chi connectivity index (χ1v) is 8.47. The number of esters is 1. The molecule has 0 N–H and O–H groups in total. The number of ether oxygens (including phenoxy) is 1. The second kappa shape index (κ2) is 6.83. The SMILES string of the molecule is COC(=O)c1cccc(OS(=O)(=O)c2ccc(C(C)C)cc2)c1. The van der Waals surface area contributed by atoms with Gasteiger partial charge in [-0.2, -0.15) is 8.42 Å². The first-order valence-electron chi connectivity index (χ1n) is 7.06. The van der Waals surface area contributed by atoms with Crippen LogP contribution in [0.5, 0.6) is 5.75 Å². The highest BCUT2D eigenvalue weighted by Gasteiger charge is 2.18. The van der Waals surface area contributed by atoms with Gasteiger partial charge in [0, 0.05) is 0 Å². The molecule has 0 heterocycles. The molecule has 0 aliphatic carbocycles. The van der Waals surface area contributed by atoms with Gasteiger partial charge in [-0.3, -0.25) is 0 Å². The maximum Gasteiger partial charge on any atom is 0.339 e. The minimum atomic E-state index is -3.96. The first kappa shape index (κ1) is 17.0.